The molecule has 0 bridgehead atoms. The highest BCUT2D eigenvalue weighted by Gasteiger charge is 2.38. The van der Waals surface area contributed by atoms with E-state index >= 15 is 0 Å². The molecule has 0 aliphatic rings. The van der Waals surface area contributed by atoms with Gasteiger partial charge in [0.2, 0.25) is 0 Å². The quantitative estimate of drug-likeness (QED) is 0.0816. The summed E-state index contributed by atoms with van der Waals surface area (Å²) in [5.41, 5.74) is -0.880. The van der Waals surface area contributed by atoms with Gasteiger partial charge in [0.25, 0.3) is 0 Å². The Labute approximate surface area is 232 Å². The zero-order valence-corrected chi connectivity index (χ0v) is 26.0. The first kappa shape index (κ1) is 36.4. The molecule has 0 aliphatic carbocycles. The second-order valence-corrected chi connectivity index (χ2v) is 11.9. The molecule has 0 spiro atoms. The van der Waals surface area contributed by atoms with E-state index in [9.17, 15) is 9.90 Å². The highest BCUT2D eigenvalue weighted by atomic mass is 16.6. The van der Waals surface area contributed by atoms with Crippen molar-refractivity contribution in [1.82, 2.24) is 4.90 Å². The highest BCUT2D eigenvalue weighted by Crippen LogP contribution is 2.32. The van der Waals surface area contributed by atoms with Crippen molar-refractivity contribution >= 4 is 5.97 Å². The van der Waals surface area contributed by atoms with Gasteiger partial charge >= 0.3 is 5.97 Å². The summed E-state index contributed by atoms with van der Waals surface area (Å²) >= 11 is 0. The van der Waals surface area contributed by atoms with Crippen molar-refractivity contribution in [1.29, 1.82) is 0 Å². The number of ether oxygens (including phenoxy) is 1. The van der Waals surface area contributed by atoms with Crippen LogP contribution < -0.4 is 0 Å². The first-order chi connectivity index (χ1) is 17.9. The SMILES string of the molecule is CCCCCCCCCC(O)(CCCCCCCC)C(CCCCCCCC)OC(=O)CCCN(C)C. The summed E-state index contributed by atoms with van der Waals surface area (Å²) < 4.78 is 6.12. The maximum absolute atomic E-state index is 12.8. The summed E-state index contributed by atoms with van der Waals surface area (Å²) in [6.07, 6.45) is 26.4. The maximum Gasteiger partial charge on any atom is 0.306 e. The first-order valence-corrected chi connectivity index (χ1v) is 16.5. The van der Waals surface area contributed by atoms with Crippen LogP contribution in [0.25, 0.3) is 0 Å². The lowest BCUT2D eigenvalue weighted by Crippen LogP contribution is -2.45. The van der Waals surface area contributed by atoms with Crippen LogP contribution in [0.3, 0.4) is 0 Å². The van der Waals surface area contributed by atoms with Gasteiger partial charge in [0.05, 0.1) is 0 Å². The van der Waals surface area contributed by atoms with Crippen LogP contribution in [-0.2, 0) is 9.53 Å². The molecule has 0 fully saturated rings. The minimum Gasteiger partial charge on any atom is -0.459 e. The summed E-state index contributed by atoms with van der Waals surface area (Å²) in [5.74, 6) is -0.126. The predicted octanol–water partition coefficient (Wildman–Crippen LogP) is 9.61. The maximum atomic E-state index is 12.8. The van der Waals surface area contributed by atoms with Crippen molar-refractivity contribution in [2.75, 3.05) is 20.6 Å². The third kappa shape index (κ3) is 22.0. The van der Waals surface area contributed by atoms with Gasteiger partial charge in [0, 0.05) is 6.42 Å². The third-order valence-electron chi connectivity index (χ3n) is 7.86. The van der Waals surface area contributed by atoms with Crippen LogP contribution in [0.15, 0.2) is 0 Å². The molecular formula is C33H67NO3. The molecule has 0 aliphatic heterocycles. The fourth-order valence-corrected chi connectivity index (χ4v) is 5.35. The lowest BCUT2D eigenvalue weighted by molar-refractivity contribution is -0.169. The van der Waals surface area contributed by atoms with E-state index in [1.807, 2.05) is 14.1 Å². The fraction of sp³-hybridized carbons (Fsp3) is 0.970. The first-order valence-electron chi connectivity index (χ1n) is 16.5. The zero-order valence-electron chi connectivity index (χ0n) is 26.0. The van der Waals surface area contributed by atoms with Crippen molar-refractivity contribution in [2.24, 2.45) is 0 Å². The van der Waals surface area contributed by atoms with Gasteiger partial charge in [-0.1, -0.05) is 136 Å². The van der Waals surface area contributed by atoms with E-state index in [1.165, 1.54) is 103 Å². The van der Waals surface area contributed by atoms with Gasteiger partial charge in [-0.15, -0.1) is 0 Å². The van der Waals surface area contributed by atoms with E-state index in [-0.39, 0.29) is 12.1 Å². The monoisotopic (exact) mass is 526 g/mol. The standard InChI is InChI=1S/C33H67NO3/c1-6-9-12-15-18-21-24-29-33(36,28-23-20-17-14-11-8-3)31(26-22-19-16-13-10-7-2)37-32(35)27-25-30-34(4)5/h31,36H,6-30H2,1-5H3. The Morgan fingerprint density at radius 3 is 1.49 bits per heavy atom. The molecule has 1 N–H and O–H groups in total. The number of nitrogens with zero attached hydrogens (tertiary/aromatic N) is 1. The molecule has 0 amide bonds. The number of carbonyl (C=O) groups is 1. The minimum atomic E-state index is -0.880. The van der Waals surface area contributed by atoms with Crippen molar-refractivity contribution in [2.45, 2.75) is 187 Å². The van der Waals surface area contributed by atoms with Crippen LogP contribution in [0.1, 0.15) is 175 Å². The van der Waals surface area contributed by atoms with Crippen LogP contribution >= 0.6 is 0 Å². The Balaban J connectivity index is 5.13. The minimum absolute atomic E-state index is 0.126. The van der Waals surface area contributed by atoms with Crippen molar-refractivity contribution < 1.29 is 14.6 Å². The molecule has 0 radical (unpaired) electrons. The third-order valence-corrected chi connectivity index (χ3v) is 7.86. The highest BCUT2D eigenvalue weighted by molar-refractivity contribution is 5.69. The lowest BCUT2D eigenvalue weighted by atomic mass is 9.82. The van der Waals surface area contributed by atoms with Gasteiger partial charge in [-0.05, 0) is 52.7 Å². The average molecular weight is 526 g/mol. The van der Waals surface area contributed by atoms with Gasteiger partial charge in [-0.3, -0.25) is 4.79 Å². The van der Waals surface area contributed by atoms with Crippen LogP contribution in [0.4, 0.5) is 0 Å². The average Bonchev–Trinajstić information content (AvgIpc) is 2.86. The molecule has 0 aromatic rings. The molecule has 0 rings (SSSR count). The van der Waals surface area contributed by atoms with Crippen molar-refractivity contribution in [3.8, 4) is 0 Å². The number of unbranched alkanes of at least 4 members (excludes halogenated alkanes) is 16. The van der Waals surface area contributed by atoms with E-state index in [1.54, 1.807) is 0 Å². The summed E-state index contributed by atoms with van der Waals surface area (Å²) in [6.45, 7) is 7.64. The second kappa shape index (κ2) is 25.7. The van der Waals surface area contributed by atoms with Crippen LogP contribution in [-0.4, -0.2) is 48.3 Å². The molecule has 2 atom stereocenters. The van der Waals surface area contributed by atoms with Gasteiger partial charge in [-0.2, -0.15) is 0 Å². The fourth-order valence-electron chi connectivity index (χ4n) is 5.35. The topological polar surface area (TPSA) is 49.8 Å². The molecule has 222 valence electrons. The van der Waals surface area contributed by atoms with Crippen LogP contribution in [0.2, 0.25) is 0 Å². The normalized spacial score (nSPS) is 14.1. The molecule has 0 aromatic carbocycles. The number of hydrogen-bond donors (Lipinski definition) is 1. The summed E-state index contributed by atoms with van der Waals surface area (Å²) in [7, 11) is 4.07. The number of esters is 1. The van der Waals surface area contributed by atoms with E-state index in [2.05, 4.69) is 25.7 Å². The number of carbonyl (C=O) groups excluding carboxylic acids is 1. The molecule has 0 saturated carbocycles. The van der Waals surface area contributed by atoms with E-state index < -0.39 is 5.60 Å². The van der Waals surface area contributed by atoms with E-state index in [0.717, 1.165) is 51.5 Å². The molecule has 2 unspecified atom stereocenters. The predicted molar refractivity (Wildman–Crippen MR) is 161 cm³/mol. The molecule has 4 nitrogen and oxygen atoms in total. The molecular weight excluding hydrogens is 458 g/mol. The van der Waals surface area contributed by atoms with Crippen molar-refractivity contribution in [3.05, 3.63) is 0 Å². The molecule has 37 heavy (non-hydrogen) atoms. The molecule has 4 heteroatoms. The molecule has 0 heterocycles. The Morgan fingerprint density at radius 1 is 0.649 bits per heavy atom. The second-order valence-electron chi connectivity index (χ2n) is 11.9. The largest absolute Gasteiger partial charge is 0.459 e. The Kier molecular flexibility index (Phi) is 25.2. The number of rotatable bonds is 28. The van der Waals surface area contributed by atoms with Gasteiger partial charge in [0.15, 0.2) is 0 Å². The van der Waals surface area contributed by atoms with Crippen molar-refractivity contribution in [3.63, 3.8) is 0 Å². The smallest absolute Gasteiger partial charge is 0.306 e. The van der Waals surface area contributed by atoms with Gasteiger partial charge in [-0.25, -0.2) is 0 Å². The summed E-state index contributed by atoms with van der Waals surface area (Å²) in [4.78, 5) is 14.9. The van der Waals surface area contributed by atoms with E-state index in [4.69, 9.17) is 4.74 Å². The molecule has 0 saturated heterocycles. The number of aliphatic hydroxyl groups is 1. The Hall–Kier alpha value is -0.610. The lowest BCUT2D eigenvalue weighted by Gasteiger charge is -2.36. The van der Waals surface area contributed by atoms with Gasteiger partial charge in [0.1, 0.15) is 11.7 Å². The zero-order chi connectivity index (χ0) is 27.6. The van der Waals surface area contributed by atoms with Crippen LogP contribution in [0.5, 0.6) is 0 Å². The van der Waals surface area contributed by atoms with Crippen LogP contribution in [0, 0.1) is 0 Å². The summed E-state index contributed by atoms with van der Waals surface area (Å²) in [5, 5.41) is 12.0. The van der Waals surface area contributed by atoms with E-state index in [0.29, 0.717) is 6.42 Å². The number of hydrogen-bond acceptors (Lipinski definition) is 4. The van der Waals surface area contributed by atoms with Gasteiger partial charge < -0.3 is 14.7 Å². The molecule has 0 aromatic heterocycles. The Morgan fingerprint density at radius 2 is 1.05 bits per heavy atom. The summed E-state index contributed by atoms with van der Waals surface area (Å²) in [6, 6.07) is 0. The Bertz CT molecular complexity index is 496.